The van der Waals surface area contributed by atoms with Crippen molar-refractivity contribution in [1.29, 1.82) is 0 Å². The maximum Gasteiger partial charge on any atom is 0.401 e. The molecule has 1 atom stereocenters. The van der Waals surface area contributed by atoms with Crippen LogP contribution in [-0.4, -0.2) is 70.9 Å². The molecule has 1 aliphatic heterocycles. The zero-order chi connectivity index (χ0) is 17.7. The Morgan fingerprint density at radius 1 is 1.42 bits per heavy atom. The number of piperazine rings is 1. The van der Waals surface area contributed by atoms with E-state index in [1.54, 1.807) is 18.7 Å². The van der Waals surface area contributed by atoms with Crippen molar-refractivity contribution in [3.63, 3.8) is 0 Å². The molecule has 1 fully saturated rings. The number of rotatable bonds is 5. The summed E-state index contributed by atoms with van der Waals surface area (Å²) in [5.74, 6) is 1.09. The average molecular weight is 349 g/mol. The van der Waals surface area contributed by atoms with E-state index in [1.807, 2.05) is 0 Å². The second-order valence-corrected chi connectivity index (χ2v) is 5.95. The Morgan fingerprint density at radius 2 is 2.17 bits per heavy atom. The van der Waals surface area contributed by atoms with Crippen LogP contribution >= 0.6 is 0 Å². The number of hydrogen-bond donors (Lipinski definition) is 1. The van der Waals surface area contributed by atoms with Gasteiger partial charge in [-0.05, 0) is 20.3 Å². The first-order chi connectivity index (χ1) is 11.2. The standard InChI is InChI=1S/C14H22F3N5O2/c1-10-8-21(6-7-22(10)9-14(15,16)17)13(23)18-5-3-4-12-19-11(2)20-24-12/h10H,3-9H2,1-2H3,(H,18,23)/t10-/m0/s1. The average Bonchev–Trinajstić information content (AvgIpc) is 2.90. The summed E-state index contributed by atoms with van der Waals surface area (Å²) < 4.78 is 42.4. The van der Waals surface area contributed by atoms with Crippen molar-refractivity contribution in [2.75, 3.05) is 32.7 Å². The molecular formula is C14H22F3N5O2. The molecule has 1 saturated heterocycles. The fourth-order valence-corrected chi connectivity index (χ4v) is 2.63. The van der Waals surface area contributed by atoms with Crippen molar-refractivity contribution < 1.29 is 22.5 Å². The van der Waals surface area contributed by atoms with E-state index < -0.39 is 12.7 Å². The molecular weight excluding hydrogens is 327 g/mol. The van der Waals surface area contributed by atoms with Crippen LogP contribution in [0.5, 0.6) is 0 Å². The molecule has 136 valence electrons. The molecule has 0 aliphatic carbocycles. The van der Waals surface area contributed by atoms with Gasteiger partial charge in [-0.2, -0.15) is 18.2 Å². The summed E-state index contributed by atoms with van der Waals surface area (Å²) >= 11 is 0. The van der Waals surface area contributed by atoms with E-state index in [0.717, 1.165) is 0 Å². The van der Waals surface area contributed by atoms with E-state index in [-0.39, 0.29) is 31.7 Å². The highest BCUT2D eigenvalue weighted by Gasteiger charge is 2.35. The second kappa shape index (κ2) is 7.82. The largest absolute Gasteiger partial charge is 0.401 e. The predicted molar refractivity (Wildman–Crippen MR) is 79.4 cm³/mol. The van der Waals surface area contributed by atoms with E-state index in [0.29, 0.717) is 31.1 Å². The third-order valence-corrected chi connectivity index (χ3v) is 3.85. The van der Waals surface area contributed by atoms with Crippen LogP contribution in [0.4, 0.5) is 18.0 Å². The first-order valence-corrected chi connectivity index (χ1v) is 7.87. The SMILES string of the molecule is Cc1noc(CCCNC(=O)N2CCN(CC(F)(F)F)[C@@H](C)C2)n1. The molecule has 0 bridgehead atoms. The third kappa shape index (κ3) is 5.66. The van der Waals surface area contributed by atoms with Gasteiger partial charge < -0.3 is 14.7 Å². The minimum atomic E-state index is -4.22. The minimum Gasteiger partial charge on any atom is -0.339 e. The van der Waals surface area contributed by atoms with Gasteiger partial charge in [0.25, 0.3) is 0 Å². The Labute approximate surface area is 138 Å². The highest BCUT2D eigenvalue weighted by Crippen LogP contribution is 2.20. The second-order valence-electron chi connectivity index (χ2n) is 5.95. The highest BCUT2D eigenvalue weighted by atomic mass is 19.4. The number of hydrogen-bond acceptors (Lipinski definition) is 5. The molecule has 2 amide bonds. The van der Waals surface area contributed by atoms with E-state index in [1.165, 1.54) is 4.90 Å². The lowest BCUT2D eigenvalue weighted by atomic mass is 10.2. The van der Waals surface area contributed by atoms with E-state index >= 15 is 0 Å². The molecule has 1 aliphatic rings. The Hall–Kier alpha value is -1.84. The lowest BCUT2D eigenvalue weighted by Crippen LogP contribution is -2.57. The van der Waals surface area contributed by atoms with Gasteiger partial charge in [-0.15, -0.1) is 0 Å². The number of halogens is 3. The van der Waals surface area contributed by atoms with Gasteiger partial charge in [0.2, 0.25) is 5.89 Å². The monoisotopic (exact) mass is 349 g/mol. The van der Waals surface area contributed by atoms with E-state index in [2.05, 4.69) is 15.5 Å². The van der Waals surface area contributed by atoms with Crippen LogP contribution in [0.25, 0.3) is 0 Å². The summed E-state index contributed by atoms with van der Waals surface area (Å²) in [4.78, 5) is 19.0. The number of alkyl halides is 3. The van der Waals surface area contributed by atoms with Gasteiger partial charge >= 0.3 is 12.2 Å². The third-order valence-electron chi connectivity index (χ3n) is 3.85. The zero-order valence-corrected chi connectivity index (χ0v) is 13.8. The normalized spacial score (nSPS) is 19.5. The smallest absolute Gasteiger partial charge is 0.339 e. The van der Waals surface area contributed by atoms with Gasteiger partial charge in [0.1, 0.15) is 0 Å². The van der Waals surface area contributed by atoms with Crippen molar-refractivity contribution in [3.05, 3.63) is 11.7 Å². The summed E-state index contributed by atoms with van der Waals surface area (Å²) in [6.45, 7) is 3.72. The Bertz CT molecular complexity index is 549. The zero-order valence-electron chi connectivity index (χ0n) is 13.8. The molecule has 10 heteroatoms. The van der Waals surface area contributed by atoms with Gasteiger partial charge in [0.15, 0.2) is 5.82 Å². The molecule has 1 aromatic heterocycles. The Morgan fingerprint density at radius 3 is 2.75 bits per heavy atom. The first-order valence-electron chi connectivity index (χ1n) is 7.87. The Balaban J connectivity index is 1.68. The lowest BCUT2D eigenvalue weighted by molar-refractivity contribution is -0.153. The number of nitrogens with zero attached hydrogens (tertiary/aromatic N) is 4. The van der Waals surface area contributed by atoms with Crippen LogP contribution < -0.4 is 5.32 Å². The predicted octanol–water partition coefficient (Wildman–Crippen LogP) is 1.59. The molecule has 1 N–H and O–H groups in total. The molecule has 0 aromatic carbocycles. The van der Waals surface area contributed by atoms with Crippen LogP contribution in [0.1, 0.15) is 25.1 Å². The van der Waals surface area contributed by atoms with E-state index in [9.17, 15) is 18.0 Å². The molecule has 2 rings (SSSR count). The molecule has 24 heavy (non-hydrogen) atoms. The highest BCUT2D eigenvalue weighted by molar-refractivity contribution is 5.74. The number of nitrogens with one attached hydrogen (secondary N) is 1. The van der Waals surface area contributed by atoms with Crippen LogP contribution in [0.3, 0.4) is 0 Å². The van der Waals surface area contributed by atoms with Gasteiger partial charge in [-0.25, -0.2) is 4.79 Å². The summed E-state index contributed by atoms with van der Waals surface area (Å²) in [5, 5.41) is 6.45. The van der Waals surface area contributed by atoms with Crippen molar-refractivity contribution >= 4 is 6.03 Å². The maximum atomic E-state index is 12.5. The van der Waals surface area contributed by atoms with Crippen LogP contribution in [0.2, 0.25) is 0 Å². The van der Waals surface area contributed by atoms with Gasteiger partial charge in [-0.3, -0.25) is 4.90 Å². The molecule has 7 nitrogen and oxygen atoms in total. The number of carbonyl (C=O) groups excluding carboxylic acids is 1. The summed E-state index contributed by atoms with van der Waals surface area (Å²) in [5.41, 5.74) is 0. The van der Waals surface area contributed by atoms with E-state index in [4.69, 9.17) is 4.52 Å². The topological polar surface area (TPSA) is 74.5 Å². The van der Waals surface area contributed by atoms with Crippen molar-refractivity contribution in [1.82, 2.24) is 25.3 Å². The molecule has 0 unspecified atom stereocenters. The maximum absolute atomic E-state index is 12.5. The van der Waals surface area contributed by atoms with Crippen LogP contribution in [0.15, 0.2) is 4.52 Å². The fourth-order valence-electron chi connectivity index (χ4n) is 2.63. The minimum absolute atomic E-state index is 0.218. The summed E-state index contributed by atoms with van der Waals surface area (Å²) in [6, 6.07) is -0.581. The van der Waals surface area contributed by atoms with Gasteiger partial charge in [0.05, 0.1) is 6.54 Å². The lowest BCUT2D eigenvalue weighted by Gasteiger charge is -2.39. The van der Waals surface area contributed by atoms with Crippen molar-refractivity contribution in [2.45, 2.75) is 38.9 Å². The Kier molecular flexibility index (Phi) is 6.03. The first kappa shape index (κ1) is 18.5. The number of aromatic nitrogens is 2. The number of amides is 2. The summed E-state index contributed by atoms with van der Waals surface area (Å²) in [7, 11) is 0. The fraction of sp³-hybridized carbons (Fsp3) is 0.786. The molecule has 0 radical (unpaired) electrons. The quantitative estimate of drug-likeness (QED) is 0.817. The van der Waals surface area contributed by atoms with Gasteiger partial charge in [0, 0.05) is 38.6 Å². The molecule has 0 saturated carbocycles. The van der Waals surface area contributed by atoms with Crippen molar-refractivity contribution in [2.24, 2.45) is 0 Å². The van der Waals surface area contributed by atoms with Crippen molar-refractivity contribution in [3.8, 4) is 0 Å². The summed E-state index contributed by atoms with van der Waals surface area (Å²) in [6.07, 6.45) is -3.00. The molecule has 0 spiro atoms. The van der Waals surface area contributed by atoms with Gasteiger partial charge in [-0.1, -0.05) is 5.16 Å². The number of carbonyl (C=O) groups is 1. The van der Waals surface area contributed by atoms with Crippen LogP contribution in [-0.2, 0) is 6.42 Å². The number of aryl methyl sites for hydroxylation is 2. The van der Waals surface area contributed by atoms with Crippen LogP contribution in [0, 0.1) is 6.92 Å². The number of urea groups is 1. The molecule has 1 aromatic rings. The molecule has 2 heterocycles.